The first-order valence-corrected chi connectivity index (χ1v) is 6.46. The van der Waals surface area contributed by atoms with Crippen LogP contribution >= 0.6 is 0 Å². The smallest absolute Gasteiger partial charge is 0.247 e. The Morgan fingerprint density at radius 1 is 1.47 bits per heavy atom. The minimum absolute atomic E-state index is 0.00220. The zero-order valence-electron chi connectivity index (χ0n) is 11.0. The third kappa shape index (κ3) is 3.32. The Hall–Kier alpha value is -1.43. The number of benzene rings is 1. The summed E-state index contributed by atoms with van der Waals surface area (Å²) in [5.74, 6) is -0.457. The van der Waals surface area contributed by atoms with Crippen molar-refractivity contribution in [3.05, 3.63) is 35.9 Å². The maximum atomic E-state index is 11.3. The minimum atomic E-state index is -0.610. The molecule has 1 amide bonds. The number of morpholine rings is 1. The monoisotopic (exact) mass is 264 g/mol. The highest BCUT2D eigenvalue weighted by Gasteiger charge is 2.32. The minimum Gasteiger partial charge on any atom is -0.394 e. The molecular formula is C14H20N2O3. The van der Waals surface area contributed by atoms with Gasteiger partial charge in [0.15, 0.2) is 0 Å². The molecule has 19 heavy (non-hydrogen) atoms. The fourth-order valence-electron chi connectivity index (χ4n) is 2.50. The van der Waals surface area contributed by atoms with Gasteiger partial charge >= 0.3 is 0 Å². The fraction of sp³-hybridized carbons (Fsp3) is 0.500. The summed E-state index contributed by atoms with van der Waals surface area (Å²) in [4.78, 5) is 13.4. The van der Waals surface area contributed by atoms with E-state index in [1.807, 2.05) is 37.3 Å². The normalized spacial score (nSPS) is 26.0. The van der Waals surface area contributed by atoms with Gasteiger partial charge in [0.2, 0.25) is 5.91 Å². The molecule has 1 aromatic carbocycles. The van der Waals surface area contributed by atoms with Gasteiger partial charge in [-0.05, 0) is 12.5 Å². The fourth-order valence-corrected chi connectivity index (χ4v) is 2.50. The quantitative estimate of drug-likeness (QED) is 0.820. The molecule has 1 fully saturated rings. The summed E-state index contributed by atoms with van der Waals surface area (Å²) in [6.07, 6.45) is -0.689. The molecule has 1 heterocycles. The molecule has 1 aliphatic rings. The largest absolute Gasteiger partial charge is 0.394 e. The molecule has 0 aromatic heterocycles. The Labute approximate surface area is 113 Å². The molecule has 1 aliphatic heterocycles. The molecule has 3 atom stereocenters. The molecular weight excluding hydrogens is 244 g/mol. The van der Waals surface area contributed by atoms with Gasteiger partial charge in [0.1, 0.15) is 6.10 Å². The van der Waals surface area contributed by atoms with E-state index in [1.54, 1.807) is 0 Å². The van der Waals surface area contributed by atoms with Gasteiger partial charge in [-0.15, -0.1) is 0 Å². The van der Waals surface area contributed by atoms with Crippen molar-refractivity contribution >= 4 is 5.91 Å². The van der Waals surface area contributed by atoms with Crippen molar-refractivity contribution in [1.82, 2.24) is 4.90 Å². The van der Waals surface area contributed by atoms with Crippen molar-refractivity contribution in [3.8, 4) is 0 Å². The predicted molar refractivity (Wildman–Crippen MR) is 71.4 cm³/mol. The van der Waals surface area contributed by atoms with Crippen LogP contribution < -0.4 is 5.73 Å². The van der Waals surface area contributed by atoms with E-state index in [0.717, 1.165) is 5.56 Å². The number of rotatable bonds is 4. The number of amides is 1. The summed E-state index contributed by atoms with van der Waals surface area (Å²) >= 11 is 0. The van der Waals surface area contributed by atoms with Crippen LogP contribution in [0.3, 0.4) is 0 Å². The van der Waals surface area contributed by atoms with Crippen LogP contribution in [0.25, 0.3) is 0 Å². The first kappa shape index (κ1) is 14.0. The molecule has 2 rings (SSSR count). The SMILES string of the molecule is CC1CN([C@@H](CO)c2ccccc2)CC(C(N)=O)O1. The first-order chi connectivity index (χ1) is 9.11. The zero-order chi connectivity index (χ0) is 13.8. The van der Waals surface area contributed by atoms with Crippen LogP contribution in [0.15, 0.2) is 30.3 Å². The summed E-state index contributed by atoms with van der Waals surface area (Å²) in [5.41, 5.74) is 6.35. The molecule has 3 N–H and O–H groups in total. The molecule has 5 nitrogen and oxygen atoms in total. The molecule has 0 spiro atoms. The van der Waals surface area contributed by atoms with Crippen LogP contribution in [-0.2, 0) is 9.53 Å². The number of nitrogens with two attached hydrogens (primary N) is 1. The number of aliphatic hydroxyl groups excluding tert-OH is 1. The summed E-state index contributed by atoms with van der Waals surface area (Å²) in [6, 6.07) is 9.63. The van der Waals surface area contributed by atoms with E-state index in [4.69, 9.17) is 10.5 Å². The van der Waals surface area contributed by atoms with Gasteiger partial charge < -0.3 is 15.6 Å². The molecule has 0 bridgehead atoms. The van der Waals surface area contributed by atoms with Crippen LogP contribution in [0.1, 0.15) is 18.5 Å². The van der Waals surface area contributed by atoms with E-state index >= 15 is 0 Å². The van der Waals surface area contributed by atoms with Crippen molar-refractivity contribution in [1.29, 1.82) is 0 Å². The van der Waals surface area contributed by atoms with E-state index in [2.05, 4.69) is 4.90 Å². The van der Waals surface area contributed by atoms with E-state index in [-0.39, 0.29) is 18.8 Å². The highest BCUT2D eigenvalue weighted by molar-refractivity contribution is 5.79. The van der Waals surface area contributed by atoms with Gasteiger partial charge in [0.25, 0.3) is 0 Å². The Kier molecular flexibility index (Phi) is 4.52. The van der Waals surface area contributed by atoms with Crippen molar-refractivity contribution < 1.29 is 14.6 Å². The van der Waals surface area contributed by atoms with Crippen LogP contribution in [0.4, 0.5) is 0 Å². The molecule has 1 aromatic rings. The Morgan fingerprint density at radius 3 is 2.74 bits per heavy atom. The Balaban J connectivity index is 2.16. The molecule has 104 valence electrons. The summed E-state index contributed by atoms with van der Waals surface area (Å²) < 4.78 is 5.51. The number of hydrogen-bond donors (Lipinski definition) is 2. The van der Waals surface area contributed by atoms with Crippen LogP contribution in [0, 0.1) is 0 Å². The van der Waals surface area contributed by atoms with Crippen LogP contribution in [0.2, 0.25) is 0 Å². The van der Waals surface area contributed by atoms with Crippen molar-refractivity contribution in [3.63, 3.8) is 0 Å². The highest BCUT2D eigenvalue weighted by Crippen LogP contribution is 2.24. The van der Waals surface area contributed by atoms with E-state index < -0.39 is 12.0 Å². The first-order valence-electron chi connectivity index (χ1n) is 6.46. The van der Waals surface area contributed by atoms with E-state index in [1.165, 1.54) is 0 Å². The average molecular weight is 264 g/mol. The van der Waals surface area contributed by atoms with E-state index in [0.29, 0.717) is 13.1 Å². The van der Waals surface area contributed by atoms with Gasteiger partial charge in [0.05, 0.1) is 18.8 Å². The lowest BCUT2D eigenvalue weighted by Gasteiger charge is -2.39. The van der Waals surface area contributed by atoms with Crippen molar-refractivity contribution in [2.45, 2.75) is 25.2 Å². The lowest BCUT2D eigenvalue weighted by atomic mass is 10.0. The summed E-state index contributed by atoms with van der Waals surface area (Å²) in [7, 11) is 0. The van der Waals surface area contributed by atoms with Crippen LogP contribution in [0.5, 0.6) is 0 Å². The number of carbonyl (C=O) groups is 1. The van der Waals surface area contributed by atoms with Gasteiger partial charge in [-0.1, -0.05) is 30.3 Å². The molecule has 0 radical (unpaired) electrons. The molecule has 2 unspecified atom stereocenters. The van der Waals surface area contributed by atoms with E-state index in [9.17, 15) is 9.90 Å². The van der Waals surface area contributed by atoms with Gasteiger partial charge in [0, 0.05) is 13.1 Å². The second-order valence-electron chi connectivity index (χ2n) is 4.90. The number of carbonyl (C=O) groups excluding carboxylic acids is 1. The summed E-state index contributed by atoms with van der Waals surface area (Å²) in [5, 5.41) is 9.64. The standard InChI is InChI=1S/C14H20N2O3/c1-10-7-16(8-13(19-10)14(15)18)12(9-17)11-5-3-2-4-6-11/h2-6,10,12-13,17H,7-9H2,1H3,(H2,15,18)/t10?,12-,13?/m0/s1. The molecule has 0 saturated carbocycles. The second-order valence-corrected chi connectivity index (χ2v) is 4.90. The number of ether oxygens (including phenoxy) is 1. The lowest BCUT2D eigenvalue weighted by Crippen LogP contribution is -2.53. The Bertz CT molecular complexity index is 424. The highest BCUT2D eigenvalue weighted by atomic mass is 16.5. The maximum Gasteiger partial charge on any atom is 0.247 e. The van der Waals surface area contributed by atoms with Gasteiger partial charge in [-0.2, -0.15) is 0 Å². The average Bonchev–Trinajstić information content (AvgIpc) is 2.40. The van der Waals surface area contributed by atoms with Crippen molar-refractivity contribution in [2.24, 2.45) is 5.73 Å². The number of hydrogen-bond acceptors (Lipinski definition) is 4. The van der Waals surface area contributed by atoms with Crippen molar-refractivity contribution in [2.75, 3.05) is 19.7 Å². The number of aliphatic hydroxyl groups is 1. The maximum absolute atomic E-state index is 11.3. The van der Waals surface area contributed by atoms with Gasteiger partial charge in [-0.3, -0.25) is 9.69 Å². The zero-order valence-corrected chi connectivity index (χ0v) is 11.0. The lowest BCUT2D eigenvalue weighted by molar-refractivity contribution is -0.145. The van der Waals surface area contributed by atoms with Crippen LogP contribution in [-0.4, -0.2) is 47.8 Å². The molecule has 1 saturated heterocycles. The molecule has 5 heteroatoms. The molecule has 0 aliphatic carbocycles. The number of primary amides is 1. The third-order valence-corrected chi connectivity index (χ3v) is 3.40. The summed E-state index contributed by atoms with van der Waals surface area (Å²) in [6.45, 7) is 2.99. The predicted octanol–water partition coefficient (Wildman–Crippen LogP) is 0.295. The second kappa shape index (κ2) is 6.14. The number of nitrogens with zero attached hydrogens (tertiary/aromatic N) is 1. The topological polar surface area (TPSA) is 75.8 Å². The Morgan fingerprint density at radius 2 is 2.16 bits per heavy atom. The third-order valence-electron chi connectivity index (χ3n) is 3.40. The van der Waals surface area contributed by atoms with Gasteiger partial charge in [-0.25, -0.2) is 0 Å².